The van der Waals surface area contributed by atoms with Gasteiger partial charge in [-0.25, -0.2) is 0 Å². The first-order valence-corrected chi connectivity index (χ1v) is 10.7. The minimum absolute atomic E-state index is 0.571. The highest BCUT2D eigenvalue weighted by Crippen LogP contribution is 2.17. The monoisotopic (exact) mass is 392 g/mol. The predicted octanol–water partition coefficient (Wildman–Crippen LogP) is 1.50. The first kappa shape index (κ1) is 21.0. The number of aliphatic imine (C=N–C) groups is 1. The Morgan fingerprint density at radius 2 is 2.14 bits per heavy atom. The standard InChI is InChI=1S/C20H36N6O2/c1-21-20(25-12-9-17(15-25)16-28-14-13-27-2)22-10-6-8-19-24-23-18-7-4-3-5-11-26(18)19/h17H,3-16H2,1-2H3,(H,21,22). The summed E-state index contributed by atoms with van der Waals surface area (Å²) >= 11 is 0. The zero-order valence-electron chi connectivity index (χ0n) is 17.5. The van der Waals surface area contributed by atoms with Crippen molar-refractivity contribution in [2.45, 2.75) is 51.5 Å². The molecule has 28 heavy (non-hydrogen) atoms. The third-order valence-corrected chi connectivity index (χ3v) is 5.63. The van der Waals surface area contributed by atoms with Gasteiger partial charge in [-0.15, -0.1) is 10.2 Å². The summed E-state index contributed by atoms with van der Waals surface area (Å²) in [6.07, 6.45) is 8.01. The number of rotatable bonds is 9. The first-order chi connectivity index (χ1) is 13.8. The van der Waals surface area contributed by atoms with Crippen molar-refractivity contribution in [3.8, 4) is 0 Å². The molecule has 2 aliphatic heterocycles. The maximum absolute atomic E-state index is 5.69. The Bertz CT molecular complexity index is 618. The molecule has 1 unspecified atom stereocenters. The van der Waals surface area contributed by atoms with Crippen LogP contribution >= 0.6 is 0 Å². The van der Waals surface area contributed by atoms with Crippen LogP contribution < -0.4 is 5.32 Å². The Balaban J connectivity index is 1.36. The molecule has 0 aliphatic carbocycles. The molecule has 3 heterocycles. The molecule has 1 saturated heterocycles. The Morgan fingerprint density at radius 3 is 3.00 bits per heavy atom. The van der Waals surface area contributed by atoms with E-state index in [-0.39, 0.29) is 0 Å². The number of ether oxygens (including phenoxy) is 2. The van der Waals surface area contributed by atoms with Crippen molar-refractivity contribution >= 4 is 5.96 Å². The summed E-state index contributed by atoms with van der Waals surface area (Å²) in [5, 5.41) is 12.3. The molecule has 8 heteroatoms. The molecule has 2 aliphatic rings. The molecule has 158 valence electrons. The van der Waals surface area contributed by atoms with Crippen LogP contribution in [0.15, 0.2) is 4.99 Å². The number of guanidine groups is 1. The summed E-state index contributed by atoms with van der Waals surface area (Å²) in [7, 11) is 3.57. The normalized spacial score (nSPS) is 20.3. The highest BCUT2D eigenvalue weighted by Gasteiger charge is 2.24. The largest absolute Gasteiger partial charge is 0.382 e. The number of hydrogen-bond donors (Lipinski definition) is 1. The Kier molecular flexibility index (Phi) is 8.54. The summed E-state index contributed by atoms with van der Waals surface area (Å²) in [6.45, 7) is 6.16. The Labute approximate surface area is 168 Å². The molecule has 3 rings (SSSR count). The molecule has 0 amide bonds. The molecule has 0 bridgehead atoms. The van der Waals surface area contributed by atoms with Gasteiger partial charge in [0.15, 0.2) is 5.96 Å². The van der Waals surface area contributed by atoms with E-state index in [9.17, 15) is 0 Å². The molecule has 1 atom stereocenters. The fraction of sp³-hybridized carbons (Fsp3) is 0.850. The van der Waals surface area contributed by atoms with Crippen LogP contribution in [0.25, 0.3) is 0 Å². The lowest BCUT2D eigenvalue weighted by Gasteiger charge is -2.21. The summed E-state index contributed by atoms with van der Waals surface area (Å²) in [6, 6.07) is 0. The summed E-state index contributed by atoms with van der Waals surface area (Å²) in [4.78, 5) is 6.81. The molecule has 1 aromatic heterocycles. The third-order valence-electron chi connectivity index (χ3n) is 5.63. The van der Waals surface area contributed by atoms with Crippen molar-refractivity contribution in [2.24, 2.45) is 10.9 Å². The van der Waals surface area contributed by atoms with Crippen LogP contribution in [0.3, 0.4) is 0 Å². The quantitative estimate of drug-likeness (QED) is 0.390. The fourth-order valence-corrected chi connectivity index (χ4v) is 4.06. The molecular formula is C20H36N6O2. The smallest absolute Gasteiger partial charge is 0.193 e. The van der Waals surface area contributed by atoms with Crippen LogP contribution in [0.2, 0.25) is 0 Å². The van der Waals surface area contributed by atoms with Crippen molar-refractivity contribution in [2.75, 3.05) is 53.6 Å². The van der Waals surface area contributed by atoms with Gasteiger partial charge >= 0.3 is 0 Å². The summed E-state index contributed by atoms with van der Waals surface area (Å²) in [5.41, 5.74) is 0. The average molecular weight is 393 g/mol. The van der Waals surface area contributed by atoms with Gasteiger partial charge in [-0.05, 0) is 25.7 Å². The van der Waals surface area contributed by atoms with Gasteiger partial charge in [-0.2, -0.15) is 0 Å². The molecule has 1 N–H and O–H groups in total. The van der Waals surface area contributed by atoms with E-state index >= 15 is 0 Å². The van der Waals surface area contributed by atoms with Crippen LogP contribution in [-0.2, 0) is 28.9 Å². The van der Waals surface area contributed by atoms with E-state index < -0.39 is 0 Å². The molecule has 8 nitrogen and oxygen atoms in total. The second kappa shape index (κ2) is 11.4. The zero-order valence-corrected chi connectivity index (χ0v) is 17.5. The van der Waals surface area contributed by atoms with Crippen LogP contribution in [0.4, 0.5) is 0 Å². The zero-order chi connectivity index (χ0) is 19.6. The number of fused-ring (bicyclic) bond motifs is 1. The van der Waals surface area contributed by atoms with Crippen LogP contribution in [-0.4, -0.2) is 79.2 Å². The summed E-state index contributed by atoms with van der Waals surface area (Å²) < 4.78 is 13.1. The second-order valence-corrected chi connectivity index (χ2v) is 7.74. The van der Waals surface area contributed by atoms with Gasteiger partial charge in [0, 0.05) is 59.1 Å². The van der Waals surface area contributed by atoms with Crippen molar-refractivity contribution in [3.63, 3.8) is 0 Å². The summed E-state index contributed by atoms with van der Waals surface area (Å²) in [5.74, 6) is 3.89. The molecule has 1 fully saturated rings. The maximum atomic E-state index is 5.69. The minimum Gasteiger partial charge on any atom is -0.382 e. The average Bonchev–Trinajstić information content (AvgIpc) is 3.26. The lowest BCUT2D eigenvalue weighted by Crippen LogP contribution is -2.40. The number of hydrogen-bond acceptors (Lipinski definition) is 5. The van der Waals surface area contributed by atoms with Gasteiger partial charge in [-0.1, -0.05) is 6.42 Å². The van der Waals surface area contributed by atoms with Gasteiger partial charge in [0.05, 0.1) is 19.8 Å². The number of aryl methyl sites for hydroxylation is 2. The van der Waals surface area contributed by atoms with Gasteiger partial charge < -0.3 is 24.3 Å². The van der Waals surface area contributed by atoms with Gasteiger partial charge in [0.25, 0.3) is 0 Å². The SMILES string of the molecule is CN=C(NCCCc1nnc2n1CCCCC2)N1CCC(COCCOC)C1. The van der Waals surface area contributed by atoms with E-state index in [0.29, 0.717) is 19.1 Å². The van der Waals surface area contributed by atoms with E-state index in [1.807, 2.05) is 7.05 Å². The topological polar surface area (TPSA) is 76.8 Å². The Hall–Kier alpha value is -1.67. The van der Waals surface area contributed by atoms with E-state index in [2.05, 4.69) is 30.0 Å². The molecule has 0 saturated carbocycles. The fourth-order valence-electron chi connectivity index (χ4n) is 4.06. The van der Waals surface area contributed by atoms with Crippen molar-refractivity contribution in [1.82, 2.24) is 25.0 Å². The number of methoxy groups -OCH3 is 1. The van der Waals surface area contributed by atoms with Crippen molar-refractivity contribution < 1.29 is 9.47 Å². The van der Waals surface area contributed by atoms with Crippen LogP contribution in [0.5, 0.6) is 0 Å². The van der Waals surface area contributed by atoms with E-state index in [0.717, 1.165) is 70.3 Å². The number of nitrogens with zero attached hydrogens (tertiary/aromatic N) is 5. The number of aromatic nitrogens is 3. The van der Waals surface area contributed by atoms with Gasteiger partial charge in [-0.3, -0.25) is 4.99 Å². The molecule has 0 aromatic carbocycles. The number of likely N-dealkylation sites (tertiary alicyclic amines) is 1. The van der Waals surface area contributed by atoms with E-state index in [1.54, 1.807) is 7.11 Å². The van der Waals surface area contributed by atoms with E-state index in [1.165, 1.54) is 25.1 Å². The molecular weight excluding hydrogens is 356 g/mol. The number of nitrogens with one attached hydrogen (secondary N) is 1. The lowest BCUT2D eigenvalue weighted by molar-refractivity contribution is 0.0536. The second-order valence-electron chi connectivity index (χ2n) is 7.74. The lowest BCUT2D eigenvalue weighted by atomic mass is 10.1. The van der Waals surface area contributed by atoms with E-state index in [4.69, 9.17) is 9.47 Å². The predicted molar refractivity (Wildman–Crippen MR) is 110 cm³/mol. The van der Waals surface area contributed by atoms with Crippen molar-refractivity contribution in [1.29, 1.82) is 0 Å². The Morgan fingerprint density at radius 1 is 1.21 bits per heavy atom. The van der Waals surface area contributed by atoms with Crippen LogP contribution in [0, 0.1) is 5.92 Å². The van der Waals surface area contributed by atoms with Crippen molar-refractivity contribution in [3.05, 3.63) is 11.6 Å². The maximum Gasteiger partial charge on any atom is 0.193 e. The minimum atomic E-state index is 0.571. The first-order valence-electron chi connectivity index (χ1n) is 10.7. The third kappa shape index (κ3) is 5.91. The highest BCUT2D eigenvalue weighted by atomic mass is 16.5. The molecule has 0 radical (unpaired) electrons. The molecule has 1 aromatic rings. The van der Waals surface area contributed by atoms with Gasteiger partial charge in [0.2, 0.25) is 0 Å². The van der Waals surface area contributed by atoms with Crippen LogP contribution in [0.1, 0.15) is 43.8 Å². The highest BCUT2D eigenvalue weighted by molar-refractivity contribution is 5.80. The van der Waals surface area contributed by atoms with Gasteiger partial charge in [0.1, 0.15) is 11.6 Å². The molecule has 0 spiro atoms.